The highest BCUT2D eigenvalue weighted by atomic mass is 16.7. The van der Waals surface area contributed by atoms with E-state index < -0.39 is 71.7 Å². The van der Waals surface area contributed by atoms with Crippen LogP contribution in [-0.2, 0) is 42.9 Å². The Morgan fingerprint density at radius 3 is 2.50 bits per heavy atom. The van der Waals surface area contributed by atoms with Gasteiger partial charge in [-0.25, -0.2) is 14.4 Å². The van der Waals surface area contributed by atoms with Crippen molar-refractivity contribution in [1.82, 2.24) is 10.6 Å². The molecule has 0 unspecified atom stereocenters. The van der Waals surface area contributed by atoms with Gasteiger partial charge in [-0.2, -0.15) is 0 Å². The zero-order chi connectivity index (χ0) is 32.0. The number of cyclic esters (lactones) is 1. The monoisotopic (exact) mass is 616 g/mol. The number of aliphatic hydroxyl groups excluding tert-OH is 2. The summed E-state index contributed by atoms with van der Waals surface area (Å²) >= 11 is 0. The molecule has 0 radical (unpaired) electrons. The fourth-order valence-corrected chi connectivity index (χ4v) is 4.84. The van der Waals surface area contributed by atoms with Crippen LogP contribution < -0.4 is 10.6 Å². The van der Waals surface area contributed by atoms with Gasteiger partial charge in [0.2, 0.25) is 17.9 Å². The standard InChI is InChI=1S/C30H36N2O12/c1-16(34)23(27(37)31-10-11-33)32-26(36)19-12-20-24(42-15-41-20)21(13-19)43-28(38)18-7-4-17(5-8-18)6-9-22(35)44-25-29(39)40-14-30(25,2)3/h4-9,12,16,20-21,23-25,33-34H,10-11,13-15H2,1-3H3,(H,31,37)(H,32,36)/t16-,20+,21+,23+,24+,25-/m0/s1. The number of esters is 3. The first-order valence-corrected chi connectivity index (χ1v) is 14.1. The number of hydrogen-bond donors (Lipinski definition) is 4. The van der Waals surface area contributed by atoms with Crippen LogP contribution >= 0.6 is 0 Å². The second-order valence-corrected chi connectivity index (χ2v) is 11.3. The highest BCUT2D eigenvalue weighted by molar-refractivity contribution is 5.98. The number of fused-ring (bicyclic) bond motifs is 1. The van der Waals surface area contributed by atoms with Gasteiger partial charge in [0.25, 0.3) is 0 Å². The van der Waals surface area contributed by atoms with E-state index in [0.29, 0.717) is 5.56 Å². The molecule has 2 saturated heterocycles. The van der Waals surface area contributed by atoms with E-state index in [2.05, 4.69) is 10.6 Å². The first-order valence-electron chi connectivity index (χ1n) is 14.1. The summed E-state index contributed by atoms with van der Waals surface area (Å²) < 4.78 is 27.1. The van der Waals surface area contributed by atoms with Crippen LogP contribution in [0.1, 0.15) is 43.1 Å². The number of carbonyl (C=O) groups is 5. The molecule has 0 bridgehead atoms. The van der Waals surface area contributed by atoms with Crippen molar-refractivity contribution < 1.29 is 57.9 Å². The van der Waals surface area contributed by atoms with E-state index in [1.807, 2.05) is 0 Å². The number of hydrogen-bond acceptors (Lipinski definition) is 12. The van der Waals surface area contributed by atoms with Gasteiger partial charge in [-0.05, 0) is 36.8 Å². The molecule has 2 fully saturated rings. The van der Waals surface area contributed by atoms with Crippen molar-refractivity contribution in [2.24, 2.45) is 5.41 Å². The summed E-state index contributed by atoms with van der Waals surface area (Å²) in [4.78, 5) is 62.5. The van der Waals surface area contributed by atoms with Gasteiger partial charge < -0.3 is 44.5 Å². The molecule has 3 aliphatic rings. The van der Waals surface area contributed by atoms with Crippen LogP contribution in [0, 0.1) is 5.41 Å². The van der Waals surface area contributed by atoms with Gasteiger partial charge in [0.15, 0.2) is 0 Å². The lowest BCUT2D eigenvalue weighted by Gasteiger charge is -2.31. The zero-order valence-electron chi connectivity index (χ0n) is 24.5. The summed E-state index contributed by atoms with van der Waals surface area (Å²) in [5, 5.41) is 23.9. The fourth-order valence-electron chi connectivity index (χ4n) is 4.84. The molecule has 238 valence electrons. The average molecular weight is 617 g/mol. The lowest BCUT2D eigenvalue weighted by molar-refractivity contribution is -0.159. The highest BCUT2D eigenvalue weighted by Gasteiger charge is 2.46. The minimum atomic E-state index is -1.28. The predicted molar refractivity (Wildman–Crippen MR) is 150 cm³/mol. The van der Waals surface area contributed by atoms with Crippen molar-refractivity contribution >= 4 is 35.8 Å². The summed E-state index contributed by atoms with van der Waals surface area (Å²) in [7, 11) is 0. The average Bonchev–Trinajstić information content (AvgIpc) is 3.57. The maximum atomic E-state index is 13.1. The normalized spacial score (nSPS) is 25.3. The highest BCUT2D eigenvalue weighted by Crippen LogP contribution is 2.32. The third-order valence-electron chi connectivity index (χ3n) is 7.31. The largest absolute Gasteiger partial charge is 0.462 e. The number of amides is 2. The van der Waals surface area contributed by atoms with Crippen molar-refractivity contribution in [2.45, 2.75) is 63.8 Å². The Kier molecular flexibility index (Phi) is 10.5. The van der Waals surface area contributed by atoms with E-state index >= 15 is 0 Å². The molecule has 6 atom stereocenters. The lowest BCUT2D eigenvalue weighted by atomic mass is 9.90. The molecule has 1 aromatic carbocycles. The van der Waals surface area contributed by atoms with Crippen molar-refractivity contribution in [3.63, 3.8) is 0 Å². The number of ether oxygens (including phenoxy) is 5. The van der Waals surface area contributed by atoms with Crippen LogP contribution in [0.5, 0.6) is 0 Å². The van der Waals surface area contributed by atoms with Gasteiger partial charge >= 0.3 is 17.9 Å². The van der Waals surface area contributed by atoms with Crippen molar-refractivity contribution in [1.29, 1.82) is 0 Å². The first-order chi connectivity index (χ1) is 20.9. The molecule has 4 N–H and O–H groups in total. The van der Waals surface area contributed by atoms with Crippen LogP contribution in [0.3, 0.4) is 0 Å². The molecule has 0 spiro atoms. The summed E-state index contributed by atoms with van der Waals surface area (Å²) in [6.07, 6.45) is -0.322. The Hall–Kier alpha value is -4.11. The van der Waals surface area contributed by atoms with Gasteiger partial charge in [0.05, 0.1) is 18.3 Å². The number of aliphatic hydroxyl groups is 2. The Labute approximate surface area is 253 Å². The number of carbonyl (C=O) groups excluding carboxylic acids is 5. The molecular formula is C30H36N2O12. The smallest absolute Gasteiger partial charge is 0.348 e. The minimum absolute atomic E-state index is 0.0405. The second kappa shape index (κ2) is 14.1. The zero-order valence-corrected chi connectivity index (χ0v) is 24.5. The Morgan fingerprint density at radius 1 is 1.14 bits per heavy atom. The second-order valence-electron chi connectivity index (χ2n) is 11.3. The maximum Gasteiger partial charge on any atom is 0.348 e. The molecule has 14 nitrogen and oxygen atoms in total. The fraction of sp³-hybridized carbons (Fsp3) is 0.500. The molecule has 0 aromatic heterocycles. The van der Waals surface area contributed by atoms with Crippen LogP contribution in [0.2, 0.25) is 0 Å². The predicted octanol–water partition coefficient (Wildman–Crippen LogP) is -0.234. The Bertz CT molecular complexity index is 1320. The summed E-state index contributed by atoms with van der Waals surface area (Å²) in [5.41, 5.74) is 0.325. The first kappa shape index (κ1) is 32.8. The van der Waals surface area contributed by atoms with Crippen LogP contribution in [-0.4, -0.2) is 103 Å². The van der Waals surface area contributed by atoms with Crippen LogP contribution in [0.15, 0.2) is 42.0 Å². The maximum absolute atomic E-state index is 13.1. The summed E-state index contributed by atoms with van der Waals surface area (Å²) in [6.45, 7) is 4.60. The molecule has 4 rings (SSSR count). The van der Waals surface area contributed by atoms with Gasteiger partial charge in [0, 0.05) is 30.0 Å². The Balaban J connectivity index is 1.36. The van der Waals surface area contributed by atoms with E-state index in [1.165, 1.54) is 37.3 Å². The third-order valence-corrected chi connectivity index (χ3v) is 7.31. The van der Waals surface area contributed by atoms with Gasteiger partial charge in [0.1, 0.15) is 37.8 Å². The van der Waals surface area contributed by atoms with E-state index in [9.17, 15) is 29.1 Å². The van der Waals surface area contributed by atoms with E-state index in [1.54, 1.807) is 26.0 Å². The molecule has 2 amide bonds. The minimum Gasteiger partial charge on any atom is -0.462 e. The molecule has 2 heterocycles. The van der Waals surface area contributed by atoms with E-state index in [-0.39, 0.29) is 44.1 Å². The van der Waals surface area contributed by atoms with Crippen molar-refractivity contribution in [2.75, 3.05) is 26.6 Å². The van der Waals surface area contributed by atoms with Crippen LogP contribution in [0.25, 0.3) is 6.08 Å². The Morgan fingerprint density at radius 2 is 1.86 bits per heavy atom. The molecule has 1 aromatic rings. The van der Waals surface area contributed by atoms with Gasteiger partial charge in [-0.15, -0.1) is 0 Å². The lowest BCUT2D eigenvalue weighted by Crippen LogP contribution is -2.54. The topological polar surface area (TPSA) is 196 Å². The molecule has 2 aliphatic heterocycles. The van der Waals surface area contributed by atoms with Crippen LogP contribution in [0.4, 0.5) is 0 Å². The van der Waals surface area contributed by atoms with Crippen molar-refractivity contribution in [3.05, 3.63) is 53.1 Å². The molecule has 44 heavy (non-hydrogen) atoms. The number of rotatable bonds is 11. The van der Waals surface area contributed by atoms with Gasteiger partial charge in [-0.1, -0.05) is 26.0 Å². The molecule has 14 heteroatoms. The quantitative estimate of drug-likeness (QED) is 0.145. The SMILES string of the molecule is C[C@H](O)[C@@H](NC(=O)C1=C[C@H]2OCO[C@H]2[C@H](OC(=O)c2ccc(C=CC(=O)O[C@H]3C(=O)OCC3(C)C)cc2)C1)C(=O)NCCO. The molecule has 1 aliphatic carbocycles. The number of benzene rings is 1. The third kappa shape index (κ3) is 7.88. The van der Waals surface area contributed by atoms with Gasteiger partial charge in [-0.3, -0.25) is 9.59 Å². The molecular weight excluding hydrogens is 580 g/mol. The number of nitrogens with one attached hydrogen (secondary N) is 2. The summed E-state index contributed by atoms with van der Waals surface area (Å²) in [5.74, 6) is -3.32. The van der Waals surface area contributed by atoms with E-state index in [4.69, 9.17) is 28.8 Å². The van der Waals surface area contributed by atoms with Crippen molar-refractivity contribution in [3.8, 4) is 0 Å². The summed E-state index contributed by atoms with van der Waals surface area (Å²) in [6, 6.07) is 4.89. The van der Waals surface area contributed by atoms with E-state index in [0.717, 1.165) is 0 Å². The molecule has 0 saturated carbocycles.